The van der Waals surface area contributed by atoms with Crippen LogP contribution in [-0.4, -0.2) is 17.1 Å². The van der Waals surface area contributed by atoms with Crippen LogP contribution in [0.4, 0.5) is 11.4 Å². The Kier molecular flexibility index (Phi) is 4.99. The van der Waals surface area contributed by atoms with Crippen LogP contribution < -0.4 is 5.32 Å². The minimum atomic E-state index is -0.242. The average Bonchev–Trinajstić information content (AvgIpc) is 2.62. The molecule has 0 radical (unpaired) electrons. The zero-order valence-electron chi connectivity index (χ0n) is 12.7. The van der Waals surface area contributed by atoms with Gasteiger partial charge in [0.2, 0.25) is 0 Å². The number of halogens is 1. The minimum Gasteiger partial charge on any atom is -0.322 e. The molecule has 5 heteroatoms. The van der Waals surface area contributed by atoms with E-state index in [9.17, 15) is 4.79 Å². The second-order valence-electron chi connectivity index (χ2n) is 5.02. The lowest BCUT2D eigenvalue weighted by molar-refractivity contribution is 0.102. The van der Waals surface area contributed by atoms with Gasteiger partial charge in [0.05, 0.1) is 16.3 Å². The van der Waals surface area contributed by atoms with E-state index in [4.69, 9.17) is 11.6 Å². The Hall–Kier alpha value is -2.98. The second kappa shape index (κ2) is 7.53. The lowest BCUT2D eigenvalue weighted by atomic mass is 10.2. The number of nitrogens with one attached hydrogen (secondary N) is 1. The van der Waals surface area contributed by atoms with Crippen molar-refractivity contribution in [3.05, 3.63) is 89.2 Å². The Balaban J connectivity index is 1.68. The molecular formula is C19H14ClN3O. The highest BCUT2D eigenvalue weighted by Crippen LogP contribution is 2.19. The molecule has 0 unspecified atom stereocenters. The van der Waals surface area contributed by atoms with Crippen molar-refractivity contribution < 1.29 is 4.79 Å². The molecule has 24 heavy (non-hydrogen) atoms. The number of aliphatic imine (C=N–C) groups is 1. The molecule has 3 aromatic rings. The van der Waals surface area contributed by atoms with Crippen molar-refractivity contribution in [1.82, 2.24) is 4.98 Å². The highest BCUT2D eigenvalue weighted by atomic mass is 35.5. The number of carbonyl (C=O) groups is 1. The first-order valence-electron chi connectivity index (χ1n) is 7.32. The van der Waals surface area contributed by atoms with Crippen LogP contribution in [0.25, 0.3) is 0 Å². The molecule has 0 spiro atoms. The first-order chi connectivity index (χ1) is 11.7. The van der Waals surface area contributed by atoms with Gasteiger partial charge in [-0.15, -0.1) is 0 Å². The van der Waals surface area contributed by atoms with Crippen LogP contribution in [0.3, 0.4) is 0 Å². The number of aromatic nitrogens is 1. The predicted octanol–water partition coefficient (Wildman–Crippen LogP) is 4.74. The van der Waals surface area contributed by atoms with E-state index >= 15 is 0 Å². The van der Waals surface area contributed by atoms with Crippen LogP contribution in [0.15, 0.2) is 78.0 Å². The van der Waals surface area contributed by atoms with E-state index in [-0.39, 0.29) is 5.91 Å². The van der Waals surface area contributed by atoms with Gasteiger partial charge in [0.15, 0.2) is 0 Å². The molecular weight excluding hydrogens is 322 g/mol. The van der Waals surface area contributed by atoms with Gasteiger partial charge in [0.25, 0.3) is 5.91 Å². The normalized spacial score (nSPS) is 10.7. The van der Waals surface area contributed by atoms with E-state index in [0.717, 1.165) is 11.3 Å². The zero-order valence-corrected chi connectivity index (χ0v) is 13.4. The van der Waals surface area contributed by atoms with E-state index in [1.807, 2.05) is 24.3 Å². The fraction of sp³-hybridized carbons (Fsp3) is 0. The molecule has 4 nitrogen and oxygen atoms in total. The topological polar surface area (TPSA) is 54.4 Å². The van der Waals surface area contributed by atoms with Gasteiger partial charge in [-0.05, 0) is 54.1 Å². The molecule has 0 bridgehead atoms. The molecule has 1 aromatic heterocycles. The highest BCUT2D eigenvalue weighted by molar-refractivity contribution is 6.34. The number of anilines is 1. The third kappa shape index (κ3) is 4.06. The van der Waals surface area contributed by atoms with Crippen molar-refractivity contribution in [2.75, 3.05) is 5.32 Å². The smallest absolute Gasteiger partial charge is 0.257 e. The van der Waals surface area contributed by atoms with Gasteiger partial charge in [-0.25, -0.2) is 0 Å². The van der Waals surface area contributed by atoms with Crippen LogP contribution in [0, 0.1) is 0 Å². The van der Waals surface area contributed by atoms with Gasteiger partial charge in [-0.3, -0.25) is 14.8 Å². The van der Waals surface area contributed by atoms with E-state index in [1.165, 1.54) is 0 Å². The maximum absolute atomic E-state index is 12.2. The molecule has 0 atom stereocenters. The summed E-state index contributed by atoms with van der Waals surface area (Å²) in [5, 5.41) is 3.24. The summed E-state index contributed by atoms with van der Waals surface area (Å²) in [6.07, 6.45) is 5.20. The average molecular weight is 336 g/mol. The molecule has 118 valence electrons. The molecule has 1 N–H and O–H groups in total. The van der Waals surface area contributed by atoms with Gasteiger partial charge in [0, 0.05) is 24.3 Å². The molecule has 1 heterocycles. The fourth-order valence-corrected chi connectivity index (χ4v) is 2.29. The van der Waals surface area contributed by atoms with Crippen molar-refractivity contribution in [2.24, 2.45) is 4.99 Å². The second-order valence-corrected chi connectivity index (χ2v) is 5.43. The van der Waals surface area contributed by atoms with Gasteiger partial charge in [-0.2, -0.15) is 0 Å². The van der Waals surface area contributed by atoms with Gasteiger partial charge in [-0.1, -0.05) is 23.7 Å². The van der Waals surface area contributed by atoms with Crippen molar-refractivity contribution in [3.8, 4) is 0 Å². The number of hydrogen-bond donors (Lipinski definition) is 1. The standard InChI is InChI=1S/C19H14ClN3O/c20-18-4-2-1-3-17(18)19(24)23-16-7-5-15(6-8-16)22-13-14-9-11-21-12-10-14/h1-13H,(H,23,24). The van der Waals surface area contributed by atoms with Crippen molar-refractivity contribution in [2.45, 2.75) is 0 Å². The van der Waals surface area contributed by atoms with E-state index in [0.29, 0.717) is 16.3 Å². The van der Waals surface area contributed by atoms with Crippen molar-refractivity contribution >= 4 is 35.1 Å². The van der Waals surface area contributed by atoms with Crippen molar-refractivity contribution in [3.63, 3.8) is 0 Å². The molecule has 1 amide bonds. The molecule has 0 aliphatic heterocycles. The Morgan fingerprint density at radius 2 is 1.71 bits per heavy atom. The van der Waals surface area contributed by atoms with Crippen molar-refractivity contribution in [1.29, 1.82) is 0 Å². The lowest BCUT2D eigenvalue weighted by Crippen LogP contribution is -2.12. The summed E-state index contributed by atoms with van der Waals surface area (Å²) in [6.45, 7) is 0. The fourth-order valence-electron chi connectivity index (χ4n) is 2.07. The zero-order chi connectivity index (χ0) is 16.8. The Morgan fingerprint density at radius 3 is 2.42 bits per heavy atom. The summed E-state index contributed by atoms with van der Waals surface area (Å²) in [7, 11) is 0. The SMILES string of the molecule is O=C(Nc1ccc(N=Cc2ccncc2)cc1)c1ccccc1Cl. The largest absolute Gasteiger partial charge is 0.322 e. The predicted molar refractivity (Wildman–Crippen MR) is 97.3 cm³/mol. The molecule has 2 aromatic carbocycles. The Bertz CT molecular complexity index is 861. The number of benzene rings is 2. The molecule has 0 saturated heterocycles. The van der Waals surface area contributed by atoms with E-state index in [2.05, 4.69) is 15.3 Å². The molecule has 0 saturated carbocycles. The third-order valence-electron chi connectivity index (χ3n) is 3.31. The number of pyridine rings is 1. The van der Waals surface area contributed by atoms with Gasteiger partial charge >= 0.3 is 0 Å². The maximum Gasteiger partial charge on any atom is 0.257 e. The number of nitrogens with zero attached hydrogens (tertiary/aromatic N) is 2. The molecule has 0 aliphatic rings. The monoisotopic (exact) mass is 335 g/mol. The number of amides is 1. The summed E-state index contributed by atoms with van der Waals surface area (Å²) < 4.78 is 0. The first-order valence-corrected chi connectivity index (χ1v) is 7.70. The van der Waals surface area contributed by atoms with Crippen LogP contribution >= 0.6 is 11.6 Å². The van der Waals surface area contributed by atoms with Crippen LogP contribution in [0.5, 0.6) is 0 Å². The Labute approximate surface area is 144 Å². The van der Waals surface area contributed by atoms with Crippen LogP contribution in [-0.2, 0) is 0 Å². The maximum atomic E-state index is 12.2. The number of hydrogen-bond acceptors (Lipinski definition) is 3. The summed E-state index contributed by atoms with van der Waals surface area (Å²) in [4.78, 5) is 20.5. The molecule has 3 rings (SSSR count). The molecule has 0 fully saturated rings. The van der Waals surface area contributed by atoms with E-state index in [1.54, 1.807) is 55.0 Å². The van der Waals surface area contributed by atoms with E-state index < -0.39 is 0 Å². The van der Waals surface area contributed by atoms with Crippen LogP contribution in [0.2, 0.25) is 5.02 Å². The molecule has 0 aliphatic carbocycles. The summed E-state index contributed by atoms with van der Waals surface area (Å²) >= 11 is 6.03. The van der Waals surface area contributed by atoms with Gasteiger partial charge in [0.1, 0.15) is 0 Å². The Morgan fingerprint density at radius 1 is 1.00 bits per heavy atom. The summed E-state index contributed by atoms with van der Waals surface area (Å²) in [6, 6.07) is 18.0. The number of carbonyl (C=O) groups excluding carboxylic acids is 1. The van der Waals surface area contributed by atoms with Gasteiger partial charge < -0.3 is 5.32 Å². The lowest BCUT2D eigenvalue weighted by Gasteiger charge is -2.06. The summed E-state index contributed by atoms with van der Waals surface area (Å²) in [5.74, 6) is -0.242. The minimum absolute atomic E-state index is 0.242. The highest BCUT2D eigenvalue weighted by Gasteiger charge is 2.09. The number of rotatable bonds is 4. The van der Waals surface area contributed by atoms with Crippen LogP contribution in [0.1, 0.15) is 15.9 Å². The third-order valence-corrected chi connectivity index (χ3v) is 3.64. The summed E-state index contributed by atoms with van der Waals surface area (Å²) in [5.41, 5.74) is 2.89. The quantitative estimate of drug-likeness (QED) is 0.700. The first kappa shape index (κ1) is 15.9.